The van der Waals surface area contributed by atoms with Crippen LogP contribution in [0.3, 0.4) is 0 Å². The lowest BCUT2D eigenvalue weighted by atomic mass is 9.90. The lowest BCUT2D eigenvalue weighted by molar-refractivity contribution is -0.120. The van der Waals surface area contributed by atoms with Gasteiger partial charge in [-0.15, -0.1) is 0 Å². The molecule has 0 radical (unpaired) electrons. The lowest BCUT2D eigenvalue weighted by Crippen LogP contribution is -2.38. The molecule has 4 N–H and O–H groups in total. The fourth-order valence-electron chi connectivity index (χ4n) is 3.75. The molecule has 1 aromatic carbocycles. The van der Waals surface area contributed by atoms with Crippen LogP contribution in [0.5, 0.6) is 0 Å². The first-order chi connectivity index (χ1) is 11.7. The normalized spacial score (nSPS) is 18.8. The van der Waals surface area contributed by atoms with Gasteiger partial charge in [0.1, 0.15) is 6.54 Å². The molecule has 24 heavy (non-hydrogen) atoms. The van der Waals surface area contributed by atoms with Gasteiger partial charge in [0.15, 0.2) is 5.96 Å². The second-order valence-corrected chi connectivity index (χ2v) is 6.88. The molecule has 3 rings (SSSR count). The maximum atomic E-state index is 12.0. The van der Waals surface area contributed by atoms with Crippen molar-refractivity contribution in [2.75, 3.05) is 11.9 Å². The maximum Gasteiger partial charge on any atom is 0.242 e. The van der Waals surface area contributed by atoms with Crippen LogP contribution in [0.2, 0.25) is 0 Å². The van der Waals surface area contributed by atoms with E-state index in [9.17, 15) is 4.79 Å². The highest BCUT2D eigenvalue weighted by Gasteiger charge is 2.16. The topological polar surface area (TPSA) is 79.5 Å². The summed E-state index contributed by atoms with van der Waals surface area (Å²) in [5.74, 6) is 0.273. The first-order valence-corrected chi connectivity index (χ1v) is 9.19. The van der Waals surface area contributed by atoms with Crippen LogP contribution >= 0.6 is 0 Å². The highest BCUT2D eigenvalue weighted by Crippen LogP contribution is 2.27. The van der Waals surface area contributed by atoms with Crippen molar-refractivity contribution in [3.8, 4) is 0 Å². The van der Waals surface area contributed by atoms with Crippen molar-refractivity contribution in [1.82, 2.24) is 5.32 Å². The zero-order chi connectivity index (χ0) is 16.8. The number of nitrogens with two attached hydrogens (primary N) is 1. The summed E-state index contributed by atoms with van der Waals surface area (Å²) < 4.78 is 0. The summed E-state index contributed by atoms with van der Waals surface area (Å²) in [6.45, 7) is 0.0877. The lowest BCUT2D eigenvalue weighted by Gasteiger charge is -2.22. The Bertz CT molecular complexity index is 605. The number of guanidine groups is 1. The van der Waals surface area contributed by atoms with Gasteiger partial charge in [-0.1, -0.05) is 31.4 Å². The fourth-order valence-corrected chi connectivity index (χ4v) is 3.75. The Morgan fingerprint density at radius 3 is 2.75 bits per heavy atom. The van der Waals surface area contributed by atoms with Gasteiger partial charge in [-0.2, -0.15) is 0 Å². The zero-order valence-corrected chi connectivity index (χ0v) is 14.3. The Morgan fingerprint density at radius 2 is 1.92 bits per heavy atom. The molecule has 0 unspecified atom stereocenters. The molecule has 5 heteroatoms. The summed E-state index contributed by atoms with van der Waals surface area (Å²) in [6, 6.07) is 6.59. The standard InChI is InChI=1S/C19H28N4O/c20-19(21-13-18(24)22-15-9-2-1-3-10-15)23-17-12-6-8-14-7-4-5-11-16(14)17/h6,8,12,15H,1-5,7,9-11,13H2,(H,22,24)(H3,20,21,23). The first kappa shape index (κ1) is 16.8. The van der Waals surface area contributed by atoms with E-state index in [0.29, 0.717) is 12.0 Å². The van der Waals surface area contributed by atoms with Crippen molar-refractivity contribution in [3.05, 3.63) is 29.3 Å². The SMILES string of the molecule is NC(=NCC(=O)NC1CCCCC1)Nc1cccc2c1CCCC2. The number of fused-ring (bicyclic) bond motifs is 1. The van der Waals surface area contributed by atoms with Gasteiger partial charge in [0, 0.05) is 11.7 Å². The van der Waals surface area contributed by atoms with Crippen LogP contribution in [0.25, 0.3) is 0 Å². The molecule has 1 fully saturated rings. The van der Waals surface area contributed by atoms with Crippen LogP contribution in [0.1, 0.15) is 56.1 Å². The Balaban J connectivity index is 1.53. The number of hydrogen-bond acceptors (Lipinski definition) is 2. The van der Waals surface area contributed by atoms with Crippen LogP contribution in [-0.4, -0.2) is 24.5 Å². The Kier molecular flexibility index (Phi) is 5.72. The minimum absolute atomic E-state index is 0.0401. The number of carbonyl (C=O) groups excluding carboxylic acids is 1. The number of anilines is 1. The highest BCUT2D eigenvalue weighted by atomic mass is 16.1. The largest absolute Gasteiger partial charge is 0.370 e. The number of rotatable bonds is 4. The quantitative estimate of drug-likeness (QED) is 0.587. The average Bonchev–Trinajstić information content (AvgIpc) is 2.61. The molecule has 130 valence electrons. The van der Waals surface area contributed by atoms with Crippen LogP contribution in [0.15, 0.2) is 23.2 Å². The number of aryl methyl sites for hydroxylation is 1. The van der Waals surface area contributed by atoms with Gasteiger partial charge in [-0.05, 0) is 55.7 Å². The van der Waals surface area contributed by atoms with Gasteiger partial charge in [0.25, 0.3) is 0 Å². The van der Waals surface area contributed by atoms with Crippen molar-refractivity contribution in [2.24, 2.45) is 10.7 Å². The molecule has 0 aliphatic heterocycles. The maximum absolute atomic E-state index is 12.0. The number of nitrogens with zero attached hydrogens (tertiary/aromatic N) is 1. The monoisotopic (exact) mass is 328 g/mol. The second kappa shape index (κ2) is 8.18. The van der Waals surface area contributed by atoms with Crippen molar-refractivity contribution in [2.45, 2.75) is 63.8 Å². The molecular formula is C19H28N4O. The predicted molar refractivity (Wildman–Crippen MR) is 98.2 cm³/mol. The Morgan fingerprint density at radius 1 is 1.12 bits per heavy atom. The summed E-state index contributed by atoms with van der Waals surface area (Å²) >= 11 is 0. The molecule has 2 aliphatic rings. The number of amides is 1. The van der Waals surface area contributed by atoms with Gasteiger partial charge in [0.2, 0.25) is 5.91 Å². The Labute approximate surface area is 144 Å². The van der Waals surface area contributed by atoms with Gasteiger partial charge in [-0.3, -0.25) is 4.79 Å². The van der Waals surface area contributed by atoms with E-state index in [1.54, 1.807) is 0 Å². The highest BCUT2D eigenvalue weighted by molar-refractivity contribution is 5.94. The number of aliphatic imine (C=N–C) groups is 1. The minimum atomic E-state index is -0.0401. The smallest absolute Gasteiger partial charge is 0.242 e. The molecule has 2 aliphatic carbocycles. The molecule has 1 saturated carbocycles. The minimum Gasteiger partial charge on any atom is -0.370 e. The Hall–Kier alpha value is -2.04. The summed E-state index contributed by atoms with van der Waals surface area (Å²) in [4.78, 5) is 16.2. The molecule has 0 heterocycles. The molecule has 0 saturated heterocycles. The molecule has 5 nitrogen and oxygen atoms in total. The molecule has 1 amide bonds. The van der Waals surface area contributed by atoms with Gasteiger partial charge in [-0.25, -0.2) is 4.99 Å². The van der Waals surface area contributed by atoms with E-state index in [-0.39, 0.29) is 12.5 Å². The van der Waals surface area contributed by atoms with Gasteiger partial charge < -0.3 is 16.4 Å². The summed E-state index contributed by atoms with van der Waals surface area (Å²) in [5, 5.41) is 6.24. The van der Waals surface area contributed by atoms with E-state index in [1.807, 2.05) is 6.07 Å². The van der Waals surface area contributed by atoms with E-state index in [1.165, 1.54) is 43.2 Å². The van der Waals surface area contributed by atoms with E-state index >= 15 is 0 Å². The van der Waals surface area contributed by atoms with Crippen molar-refractivity contribution in [1.29, 1.82) is 0 Å². The van der Waals surface area contributed by atoms with E-state index < -0.39 is 0 Å². The molecule has 0 spiro atoms. The number of hydrogen-bond donors (Lipinski definition) is 3. The van der Waals surface area contributed by atoms with E-state index in [4.69, 9.17) is 5.73 Å². The third-order valence-electron chi connectivity index (χ3n) is 5.02. The zero-order valence-electron chi connectivity index (χ0n) is 14.3. The van der Waals surface area contributed by atoms with Crippen LogP contribution in [0.4, 0.5) is 5.69 Å². The van der Waals surface area contributed by atoms with Crippen LogP contribution in [0, 0.1) is 0 Å². The van der Waals surface area contributed by atoms with Crippen molar-refractivity contribution >= 4 is 17.6 Å². The van der Waals surface area contributed by atoms with Crippen LogP contribution in [-0.2, 0) is 17.6 Å². The average molecular weight is 328 g/mol. The van der Waals surface area contributed by atoms with Crippen molar-refractivity contribution < 1.29 is 4.79 Å². The third kappa shape index (κ3) is 4.49. The fraction of sp³-hybridized carbons (Fsp3) is 0.579. The number of benzene rings is 1. The molecule has 0 bridgehead atoms. The number of carbonyl (C=O) groups is 1. The molecule has 1 aromatic rings. The third-order valence-corrected chi connectivity index (χ3v) is 5.02. The van der Waals surface area contributed by atoms with Gasteiger partial charge in [0.05, 0.1) is 0 Å². The second-order valence-electron chi connectivity index (χ2n) is 6.88. The summed E-state index contributed by atoms with van der Waals surface area (Å²) in [6.07, 6.45) is 10.5. The van der Waals surface area contributed by atoms with E-state index in [0.717, 1.165) is 31.4 Å². The first-order valence-electron chi connectivity index (χ1n) is 9.19. The number of nitrogens with one attached hydrogen (secondary N) is 2. The van der Waals surface area contributed by atoms with E-state index in [2.05, 4.69) is 27.8 Å². The van der Waals surface area contributed by atoms with Gasteiger partial charge >= 0.3 is 0 Å². The molecule has 0 atom stereocenters. The predicted octanol–water partition coefficient (Wildman–Crippen LogP) is 2.74. The van der Waals surface area contributed by atoms with Crippen molar-refractivity contribution in [3.63, 3.8) is 0 Å². The molecule has 0 aromatic heterocycles. The summed E-state index contributed by atoms with van der Waals surface area (Å²) in [7, 11) is 0. The molecular weight excluding hydrogens is 300 g/mol. The summed E-state index contributed by atoms with van der Waals surface area (Å²) in [5.41, 5.74) is 9.75. The van der Waals surface area contributed by atoms with Crippen LogP contribution < -0.4 is 16.4 Å².